The molecule has 2 rings (SSSR count). The fourth-order valence-corrected chi connectivity index (χ4v) is 1.91. The second-order valence-electron chi connectivity index (χ2n) is 4.48. The Kier molecular flexibility index (Phi) is 5.56. The second kappa shape index (κ2) is 7.93. The van der Waals surface area contributed by atoms with Crippen molar-refractivity contribution in [2.45, 2.75) is 13.0 Å². The number of pyridine rings is 1. The van der Waals surface area contributed by atoms with Crippen LogP contribution in [-0.2, 0) is 6.54 Å². The van der Waals surface area contributed by atoms with Crippen LogP contribution in [0.2, 0.25) is 0 Å². The van der Waals surface area contributed by atoms with Crippen molar-refractivity contribution in [1.82, 2.24) is 10.3 Å². The highest BCUT2D eigenvalue weighted by molar-refractivity contribution is 5.56. The van der Waals surface area contributed by atoms with Gasteiger partial charge in [0.15, 0.2) is 0 Å². The molecule has 0 aliphatic heterocycles. The predicted octanol–water partition coefficient (Wildman–Crippen LogP) is 2.55. The van der Waals surface area contributed by atoms with E-state index < -0.39 is 0 Å². The van der Waals surface area contributed by atoms with Crippen molar-refractivity contribution in [1.29, 1.82) is 5.26 Å². The summed E-state index contributed by atoms with van der Waals surface area (Å²) in [5.74, 6) is 0. The lowest BCUT2D eigenvalue weighted by molar-refractivity contribution is 0.662. The number of hydrogen-bond donors (Lipinski definition) is 2. The minimum absolute atomic E-state index is 0.691. The summed E-state index contributed by atoms with van der Waals surface area (Å²) in [4.78, 5) is 4.08. The fourth-order valence-electron chi connectivity index (χ4n) is 1.91. The average molecular weight is 266 g/mol. The standard InChI is InChI=1S/C16H18N4/c17-11-15-6-1-2-7-16(15)20-10-4-9-19-13-14-5-3-8-18-12-14/h1-3,5-8,12,19-20H,4,9-10,13H2. The van der Waals surface area contributed by atoms with Crippen LogP contribution in [-0.4, -0.2) is 18.1 Å². The second-order valence-corrected chi connectivity index (χ2v) is 4.48. The average Bonchev–Trinajstić information content (AvgIpc) is 2.52. The first kappa shape index (κ1) is 14.0. The highest BCUT2D eigenvalue weighted by atomic mass is 14.9. The molecule has 0 unspecified atom stereocenters. The maximum absolute atomic E-state index is 8.98. The van der Waals surface area contributed by atoms with E-state index in [1.807, 2.05) is 36.5 Å². The van der Waals surface area contributed by atoms with Crippen molar-refractivity contribution in [3.05, 3.63) is 59.9 Å². The molecule has 1 aromatic carbocycles. The lowest BCUT2D eigenvalue weighted by atomic mass is 10.2. The van der Waals surface area contributed by atoms with E-state index >= 15 is 0 Å². The molecule has 1 heterocycles. The zero-order valence-electron chi connectivity index (χ0n) is 11.3. The van der Waals surface area contributed by atoms with Crippen molar-refractivity contribution >= 4 is 5.69 Å². The molecule has 1 aromatic heterocycles. The quantitative estimate of drug-likeness (QED) is 0.756. The molecule has 4 nitrogen and oxygen atoms in total. The zero-order valence-corrected chi connectivity index (χ0v) is 11.3. The molecule has 0 saturated carbocycles. The fraction of sp³-hybridized carbons (Fsp3) is 0.250. The van der Waals surface area contributed by atoms with E-state index in [-0.39, 0.29) is 0 Å². The molecule has 0 radical (unpaired) electrons. The predicted molar refractivity (Wildman–Crippen MR) is 80.2 cm³/mol. The summed E-state index contributed by atoms with van der Waals surface area (Å²) in [5, 5.41) is 15.6. The van der Waals surface area contributed by atoms with Crippen LogP contribution in [0.15, 0.2) is 48.8 Å². The number of hydrogen-bond acceptors (Lipinski definition) is 4. The first-order valence-electron chi connectivity index (χ1n) is 6.73. The monoisotopic (exact) mass is 266 g/mol. The Labute approximate surface area is 119 Å². The molecule has 20 heavy (non-hydrogen) atoms. The van der Waals surface area contributed by atoms with Crippen LogP contribution >= 0.6 is 0 Å². The van der Waals surface area contributed by atoms with Gasteiger partial charge in [0, 0.05) is 25.5 Å². The Morgan fingerprint density at radius 1 is 1.10 bits per heavy atom. The van der Waals surface area contributed by atoms with Gasteiger partial charge >= 0.3 is 0 Å². The van der Waals surface area contributed by atoms with Gasteiger partial charge in [0.25, 0.3) is 0 Å². The molecule has 2 N–H and O–H groups in total. The van der Waals surface area contributed by atoms with Crippen LogP contribution in [0.25, 0.3) is 0 Å². The Balaban J connectivity index is 1.64. The molecule has 0 aliphatic carbocycles. The highest BCUT2D eigenvalue weighted by Crippen LogP contribution is 2.12. The first-order valence-corrected chi connectivity index (χ1v) is 6.73. The first-order chi connectivity index (χ1) is 9.90. The van der Waals surface area contributed by atoms with Gasteiger partial charge in [-0.25, -0.2) is 0 Å². The van der Waals surface area contributed by atoms with Crippen molar-refractivity contribution < 1.29 is 0 Å². The topological polar surface area (TPSA) is 60.7 Å². The Morgan fingerprint density at radius 3 is 2.80 bits per heavy atom. The third-order valence-electron chi connectivity index (χ3n) is 2.95. The summed E-state index contributed by atoms with van der Waals surface area (Å²) in [5.41, 5.74) is 2.79. The van der Waals surface area contributed by atoms with Gasteiger partial charge in [-0.3, -0.25) is 4.98 Å². The van der Waals surface area contributed by atoms with E-state index in [1.165, 1.54) is 5.56 Å². The van der Waals surface area contributed by atoms with Crippen LogP contribution in [0.5, 0.6) is 0 Å². The maximum atomic E-state index is 8.98. The maximum Gasteiger partial charge on any atom is 0.101 e. The van der Waals surface area contributed by atoms with Gasteiger partial charge in [-0.05, 0) is 36.7 Å². The third-order valence-corrected chi connectivity index (χ3v) is 2.95. The third kappa shape index (κ3) is 4.38. The van der Waals surface area contributed by atoms with Gasteiger partial charge in [0.2, 0.25) is 0 Å². The van der Waals surface area contributed by atoms with E-state index in [4.69, 9.17) is 5.26 Å². The Hall–Kier alpha value is -2.38. The van der Waals surface area contributed by atoms with Gasteiger partial charge in [-0.15, -0.1) is 0 Å². The van der Waals surface area contributed by atoms with E-state index in [9.17, 15) is 0 Å². The van der Waals surface area contributed by atoms with Crippen LogP contribution in [0, 0.1) is 11.3 Å². The Bertz CT molecular complexity index is 560. The van der Waals surface area contributed by atoms with Crippen molar-refractivity contribution in [3.63, 3.8) is 0 Å². The number of aromatic nitrogens is 1. The van der Waals surface area contributed by atoms with E-state index in [1.54, 1.807) is 6.20 Å². The summed E-state index contributed by atoms with van der Waals surface area (Å²) < 4.78 is 0. The number of para-hydroxylation sites is 1. The lowest BCUT2D eigenvalue weighted by Gasteiger charge is -2.08. The SMILES string of the molecule is N#Cc1ccccc1NCCCNCc1cccnc1. The van der Waals surface area contributed by atoms with Crippen LogP contribution in [0.4, 0.5) is 5.69 Å². The number of nitrogens with zero attached hydrogens (tertiary/aromatic N) is 2. The largest absolute Gasteiger partial charge is 0.384 e. The molecule has 102 valence electrons. The molecule has 0 atom stereocenters. The summed E-state index contributed by atoms with van der Waals surface area (Å²) in [7, 11) is 0. The van der Waals surface area contributed by atoms with Crippen LogP contribution in [0.1, 0.15) is 17.5 Å². The normalized spacial score (nSPS) is 9.95. The zero-order chi connectivity index (χ0) is 14.0. The number of anilines is 1. The highest BCUT2D eigenvalue weighted by Gasteiger charge is 1.98. The molecule has 0 amide bonds. The van der Waals surface area contributed by atoms with Gasteiger partial charge in [-0.1, -0.05) is 18.2 Å². The van der Waals surface area contributed by atoms with Gasteiger partial charge in [0.1, 0.15) is 6.07 Å². The van der Waals surface area contributed by atoms with E-state index in [0.29, 0.717) is 5.56 Å². The smallest absolute Gasteiger partial charge is 0.101 e. The lowest BCUT2D eigenvalue weighted by Crippen LogP contribution is -2.17. The molecule has 0 fully saturated rings. The van der Waals surface area contributed by atoms with E-state index in [0.717, 1.165) is 31.7 Å². The van der Waals surface area contributed by atoms with Gasteiger partial charge in [-0.2, -0.15) is 5.26 Å². The molecular formula is C16H18N4. The van der Waals surface area contributed by atoms with Gasteiger partial charge in [0.05, 0.1) is 11.3 Å². The summed E-state index contributed by atoms with van der Waals surface area (Å²) in [6.07, 6.45) is 4.65. The molecule has 0 bridgehead atoms. The number of nitrogens with one attached hydrogen (secondary N) is 2. The molecule has 0 aliphatic rings. The van der Waals surface area contributed by atoms with E-state index in [2.05, 4.69) is 27.8 Å². The number of benzene rings is 1. The summed E-state index contributed by atoms with van der Waals surface area (Å²) in [6.45, 7) is 2.61. The van der Waals surface area contributed by atoms with Crippen molar-refractivity contribution in [2.24, 2.45) is 0 Å². The molecule has 2 aromatic rings. The van der Waals surface area contributed by atoms with Crippen LogP contribution in [0.3, 0.4) is 0 Å². The number of nitriles is 1. The summed E-state index contributed by atoms with van der Waals surface area (Å²) >= 11 is 0. The number of rotatable bonds is 7. The molecule has 4 heteroatoms. The van der Waals surface area contributed by atoms with Gasteiger partial charge < -0.3 is 10.6 Å². The van der Waals surface area contributed by atoms with Crippen molar-refractivity contribution in [3.8, 4) is 6.07 Å². The van der Waals surface area contributed by atoms with Crippen LogP contribution < -0.4 is 10.6 Å². The van der Waals surface area contributed by atoms with Crippen molar-refractivity contribution in [2.75, 3.05) is 18.4 Å². The molecular weight excluding hydrogens is 248 g/mol. The molecule has 0 saturated heterocycles. The Morgan fingerprint density at radius 2 is 2.00 bits per heavy atom. The molecule has 0 spiro atoms. The summed E-state index contributed by atoms with van der Waals surface area (Å²) in [6, 6.07) is 13.7. The minimum Gasteiger partial charge on any atom is -0.384 e. The minimum atomic E-state index is 0.691.